The molecule has 1 aliphatic heterocycles. The molecule has 1 amide bonds. The highest BCUT2D eigenvalue weighted by atomic mass is 32.1. The molecule has 2 aliphatic carbocycles. The minimum atomic E-state index is -1.06. The summed E-state index contributed by atoms with van der Waals surface area (Å²) in [6, 6.07) is 14.4. The molecule has 3 heterocycles. The second-order valence-corrected chi connectivity index (χ2v) is 13.1. The molecule has 2 saturated carbocycles. The van der Waals surface area contributed by atoms with Crippen LogP contribution in [0.4, 0.5) is 10.1 Å². The number of amides is 1. The van der Waals surface area contributed by atoms with Crippen molar-refractivity contribution in [1.29, 1.82) is 5.26 Å². The molecule has 0 bridgehead atoms. The quantitative estimate of drug-likeness (QED) is 0.409. The summed E-state index contributed by atoms with van der Waals surface area (Å²) >= 11 is 1.51. The Kier molecular flexibility index (Phi) is 7.28. The van der Waals surface area contributed by atoms with Crippen LogP contribution >= 0.6 is 11.3 Å². The maximum atomic E-state index is 14.7. The van der Waals surface area contributed by atoms with Gasteiger partial charge < -0.3 is 15.3 Å². The fourth-order valence-electron chi connectivity index (χ4n) is 5.94. The minimum absolute atomic E-state index is 0.117. The van der Waals surface area contributed by atoms with Crippen LogP contribution in [0.15, 0.2) is 36.4 Å². The molecule has 0 unspecified atom stereocenters. The average Bonchev–Trinajstić information content (AvgIpc) is 3.60. The molecule has 3 aliphatic rings. The zero-order valence-corrected chi connectivity index (χ0v) is 24.3. The number of rotatable bonds is 6. The summed E-state index contributed by atoms with van der Waals surface area (Å²) in [5, 5.41) is 32.1. The third-order valence-corrected chi connectivity index (χ3v) is 9.95. The normalized spacial score (nSPS) is 24.9. The van der Waals surface area contributed by atoms with Crippen molar-refractivity contribution >= 4 is 22.9 Å². The number of benzene rings is 1. The number of hydrogen-bond donors (Lipinski definition) is 2. The third kappa shape index (κ3) is 5.84. The lowest BCUT2D eigenvalue weighted by atomic mass is 9.75. The number of nitrogens with one attached hydrogen (secondary N) is 1. The number of carbonyl (C=O) groups is 1. The fourth-order valence-corrected chi connectivity index (χ4v) is 7.04. The Morgan fingerprint density at radius 1 is 1.12 bits per heavy atom. The molecule has 214 valence electrons. The van der Waals surface area contributed by atoms with E-state index in [1.54, 1.807) is 0 Å². The number of aromatic nitrogens is 3. The Hall–Kier alpha value is -3.42. The predicted molar refractivity (Wildman–Crippen MR) is 156 cm³/mol. The Labute approximate surface area is 243 Å². The molecule has 3 atom stereocenters. The molecular formula is C31H35FN6O2S. The molecule has 2 N–H and O–H groups in total. The number of aryl methyl sites for hydroxylation is 1. The summed E-state index contributed by atoms with van der Waals surface area (Å²) in [5.41, 5.74) is 2.91. The Balaban J connectivity index is 1.35. The number of alkyl halides is 1. The van der Waals surface area contributed by atoms with E-state index >= 15 is 0 Å². The summed E-state index contributed by atoms with van der Waals surface area (Å²) in [6.07, 6.45) is 2.63. The monoisotopic (exact) mass is 574 g/mol. The molecule has 3 fully saturated rings. The number of aliphatic hydroxyl groups is 1. The number of carbonyl (C=O) groups excluding carboxylic acids is 1. The SMILES string of the molecule is Cc1ccc(-c2nc([C@@H]3CC[C@H](F)C[C@H]3C(=O)NC3(C#N)CC3)c(-c3ccc(N4CCC(C)(O)CC4)cc3)s2)nn1. The maximum Gasteiger partial charge on any atom is 0.225 e. The molecule has 10 heteroatoms. The Bertz CT molecular complexity index is 1450. The molecule has 2 aromatic heterocycles. The first-order chi connectivity index (χ1) is 19.7. The van der Waals surface area contributed by atoms with E-state index in [1.807, 2.05) is 26.0 Å². The van der Waals surface area contributed by atoms with Crippen LogP contribution in [0.5, 0.6) is 0 Å². The van der Waals surface area contributed by atoms with Gasteiger partial charge in [0, 0.05) is 30.6 Å². The Morgan fingerprint density at radius 2 is 1.85 bits per heavy atom. The van der Waals surface area contributed by atoms with Crippen molar-refractivity contribution in [3.05, 3.63) is 47.8 Å². The maximum absolute atomic E-state index is 14.7. The van der Waals surface area contributed by atoms with Crippen LogP contribution in [-0.4, -0.2) is 56.6 Å². The summed E-state index contributed by atoms with van der Waals surface area (Å²) in [4.78, 5) is 21.7. The first-order valence-corrected chi connectivity index (χ1v) is 15.2. The van der Waals surface area contributed by atoms with Crippen molar-refractivity contribution in [1.82, 2.24) is 20.5 Å². The van der Waals surface area contributed by atoms with Gasteiger partial charge in [-0.05, 0) is 88.6 Å². The largest absolute Gasteiger partial charge is 0.390 e. The van der Waals surface area contributed by atoms with Crippen molar-refractivity contribution in [2.75, 3.05) is 18.0 Å². The second kappa shape index (κ2) is 10.8. The fraction of sp³-hybridized carbons (Fsp3) is 0.516. The van der Waals surface area contributed by atoms with Crippen LogP contribution in [0.3, 0.4) is 0 Å². The highest BCUT2D eigenvalue weighted by molar-refractivity contribution is 7.18. The van der Waals surface area contributed by atoms with Crippen LogP contribution < -0.4 is 10.2 Å². The molecule has 1 aromatic carbocycles. The van der Waals surface area contributed by atoms with E-state index < -0.39 is 23.2 Å². The van der Waals surface area contributed by atoms with E-state index in [2.05, 4.69) is 50.7 Å². The van der Waals surface area contributed by atoms with Gasteiger partial charge in [-0.3, -0.25) is 4.79 Å². The average molecular weight is 575 g/mol. The number of nitrogens with zero attached hydrogens (tertiary/aromatic N) is 5. The van der Waals surface area contributed by atoms with Gasteiger partial charge in [-0.25, -0.2) is 9.37 Å². The van der Waals surface area contributed by atoms with Crippen LogP contribution in [0.1, 0.15) is 69.2 Å². The highest BCUT2D eigenvalue weighted by Gasteiger charge is 2.48. The predicted octanol–water partition coefficient (Wildman–Crippen LogP) is 5.32. The van der Waals surface area contributed by atoms with Crippen molar-refractivity contribution in [2.45, 2.75) is 82.0 Å². The molecule has 3 aromatic rings. The lowest BCUT2D eigenvalue weighted by molar-refractivity contribution is -0.128. The van der Waals surface area contributed by atoms with Gasteiger partial charge in [0.25, 0.3) is 0 Å². The van der Waals surface area contributed by atoms with Crippen molar-refractivity contribution < 1.29 is 14.3 Å². The van der Waals surface area contributed by atoms with Crippen molar-refractivity contribution in [2.24, 2.45) is 5.92 Å². The van der Waals surface area contributed by atoms with Gasteiger partial charge in [0.2, 0.25) is 5.91 Å². The minimum Gasteiger partial charge on any atom is -0.390 e. The molecule has 8 nitrogen and oxygen atoms in total. The molecule has 0 spiro atoms. The first-order valence-electron chi connectivity index (χ1n) is 14.4. The van der Waals surface area contributed by atoms with Crippen molar-refractivity contribution in [3.63, 3.8) is 0 Å². The summed E-state index contributed by atoms with van der Waals surface area (Å²) in [5.74, 6) is -1.15. The Morgan fingerprint density at radius 3 is 2.49 bits per heavy atom. The van der Waals surface area contributed by atoms with E-state index in [0.29, 0.717) is 36.4 Å². The topological polar surface area (TPSA) is 115 Å². The zero-order chi connectivity index (χ0) is 28.8. The van der Waals surface area contributed by atoms with Gasteiger partial charge in [0.05, 0.1) is 27.9 Å². The molecular weight excluding hydrogens is 539 g/mol. The number of piperidine rings is 1. The molecule has 41 heavy (non-hydrogen) atoms. The summed E-state index contributed by atoms with van der Waals surface area (Å²) < 4.78 is 14.7. The second-order valence-electron chi connectivity index (χ2n) is 12.1. The zero-order valence-electron chi connectivity index (χ0n) is 23.4. The number of anilines is 1. The number of nitriles is 1. The van der Waals surface area contributed by atoms with Crippen molar-refractivity contribution in [3.8, 4) is 27.2 Å². The third-order valence-electron chi connectivity index (χ3n) is 8.81. The van der Waals surface area contributed by atoms with Gasteiger partial charge in [0.15, 0.2) is 0 Å². The molecule has 6 rings (SSSR count). The van der Waals surface area contributed by atoms with Gasteiger partial charge in [-0.15, -0.1) is 16.4 Å². The first kappa shape index (κ1) is 27.7. The summed E-state index contributed by atoms with van der Waals surface area (Å²) in [7, 11) is 0. The summed E-state index contributed by atoms with van der Waals surface area (Å²) in [6.45, 7) is 5.36. The van der Waals surface area contributed by atoms with Gasteiger partial charge >= 0.3 is 0 Å². The van der Waals surface area contributed by atoms with E-state index in [4.69, 9.17) is 4.98 Å². The van der Waals surface area contributed by atoms with Gasteiger partial charge in [0.1, 0.15) is 22.4 Å². The van der Waals surface area contributed by atoms with E-state index in [0.717, 1.165) is 53.4 Å². The van der Waals surface area contributed by atoms with Gasteiger partial charge in [-0.2, -0.15) is 10.4 Å². The van der Waals surface area contributed by atoms with Crippen LogP contribution in [0, 0.1) is 24.2 Å². The van der Waals surface area contributed by atoms with E-state index in [1.165, 1.54) is 11.3 Å². The van der Waals surface area contributed by atoms with E-state index in [-0.39, 0.29) is 18.2 Å². The van der Waals surface area contributed by atoms with Gasteiger partial charge in [-0.1, -0.05) is 12.1 Å². The molecule has 0 radical (unpaired) electrons. The number of halogens is 1. The van der Waals surface area contributed by atoms with Crippen LogP contribution in [0.25, 0.3) is 21.1 Å². The highest BCUT2D eigenvalue weighted by Crippen LogP contribution is 2.47. The number of thiazole rings is 1. The number of hydrogen-bond acceptors (Lipinski definition) is 8. The lowest BCUT2D eigenvalue weighted by Crippen LogP contribution is -2.44. The van der Waals surface area contributed by atoms with Crippen LogP contribution in [-0.2, 0) is 4.79 Å². The van der Waals surface area contributed by atoms with E-state index in [9.17, 15) is 19.6 Å². The van der Waals surface area contributed by atoms with Crippen LogP contribution in [0.2, 0.25) is 0 Å². The standard InChI is InChI=1S/C31H35FN6O2S/c1-19-3-10-25(37-36-19)29-34-26(23-9-6-21(32)17-24(23)28(39)35-31(18-33)11-12-31)27(41-29)20-4-7-22(8-5-20)38-15-13-30(2,40)14-16-38/h3-5,7-8,10,21,23-24,40H,6,9,11-17H2,1-2H3,(H,35,39)/t21-,23+,24+/m0/s1. The molecule has 1 saturated heterocycles. The lowest BCUT2D eigenvalue weighted by Gasteiger charge is -2.37. The smallest absolute Gasteiger partial charge is 0.225 e.